The number of nitrogens with zero attached hydrogens (tertiary/aromatic N) is 4. The Bertz CT molecular complexity index is 1770. The summed E-state index contributed by atoms with van der Waals surface area (Å²) in [5.41, 5.74) is 1.88. The van der Waals surface area contributed by atoms with Crippen molar-refractivity contribution in [2.75, 3.05) is 24.1 Å². The number of benzene rings is 3. The smallest absolute Gasteiger partial charge is 0.288 e. The number of aromatic nitrogens is 1. The zero-order valence-corrected chi connectivity index (χ0v) is 25.4. The maximum Gasteiger partial charge on any atom is 0.307 e. The van der Waals surface area contributed by atoms with Crippen LogP contribution in [-0.4, -0.2) is 47.8 Å². The number of rotatable bonds is 5. The summed E-state index contributed by atoms with van der Waals surface area (Å²) in [5, 5.41) is 13.4. The molecule has 1 N–H and O–H groups in total. The highest BCUT2D eigenvalue weighted by Gasteiger charge is 2.57. The molecule has 2 aliphatic rings. The van der Waals surface area contributed by atoms with E-state index in [2.05, 4.69) is 31.9 Å². The number of halogens is 2. The maximum absolute atomic E-state index is 14.1. The molecule has 2 heterocycles. The molecule has 6 rings (SSSR count). The summed E-state index contributed by atoms with van der Waals surface area (Å²) in [4.78, 5) is 29.2. The summed E-state index contributed by atoms with van der Waals surface area (Å²) in [6.45, 7) is 0. The van der Waals surface area contributed by atoms with E-state index >= 15 is 0 Å². The van der Waals surface area contributed by atoms with E-state index in [9.17, 15) is 23.2 Å². The molecule has 206 valence electrons. The molecule has 40 heavy (non-hydrogen) atoms. The summed E-state index contributed by atoms with van der Waals surface area (Å²) < 4.78 is 31.1. The van der Waals surface area contributed by atoms with E-state index in [-0.39, 0.29) is 12.1 Å². The highest BCUT2D eigenvalue weighted by atomic mass is 79.9. The monoisotopic (exact) mass is 686 g/mol. The van der Waals surface area contributed by atoms with Gasteiger partial charge in [0.2, 0.25) is 11.8 Å². The number of fused-ring (bicyclic) bond motifs is 5. The molecule has 0 bridgehead atoms. The van der Waals surface area contributed by atoms with Crippen LogP contribution in [0.25, 0.3) is 10.9 Å². The van der Waals surface area contributed by atoms with Gasteiger partial charge in [0.15, 0.2) is 0 Å². The van der Waals surface area contributed by atoms with Gasteiger partial charge in [-0.3, -0.25) is 14.8 Å². The highest BCUT2D eigenvalue weighted by Crippen LogP contribution is 2.54. The van der Waals surface area contributed by atoms with Crippen LogP contribution in [0.1, 0.15) is 29.6 Å². The number of anilines is 2. The number of hydrogen-bond acceptors (Lipinski definition) is 6. The summed E-state index contributed by atoms with van der Waals surface area (Å²) in [5.74, 6) is -2.89. The van der Waals surface area contributed by atoms with Crippen LogP contribution < -0.4 is 9.96 Å². The predicted octanol–water partition coefficient (Wildman–Crippen LogP) is 5.43. The van der Waals surface area contributed by atoms with Crippen molar-refractivity contribution in [3.63, 3.8) is 0 Å². The van der Waals surface area contributed by atoms with Crippen LogP contribution in [0, 0.1) is 5.92 Å². The molecule has 3 atom stereocenters. The van der Waals surface area contributed by atoms with Crippen molar-refractivity contribution in [3.8, 4) is 0 Å². The predicted molar refractivity (Wildman–Crippen MR) is 159 cm³/mol. The Kier molecular flexibility index (Phi) is 6.66. The molecule has 1 aliphatic heterocycles. The van der Waals surface area contributed by atoms with Crippen molar-refractivity contribution < 1.29 is 23.2 Å². The Balaban J connectivity index is 1.67. The summed E-state index contributed by atoms with van der Waals surface area (Å²) in [6.07, 6.45) is 0.0892. The van der Waals surface area contributed by atoms with Crippen LogP contribution in [0.3, 0.4) is 0 Å². The molecule has 1 aliphatic carbocycles. The van der Waals surface area contributed by atoms with Crippen LogP contribution >= 0.6 is 31.9 Å². The molecule has 4 aromatic rings. The second kappa shape index (κ2) is 9.81. The molecule has 0 radical (unpaired) electrons. The van der Waals surface area contributed by atoms with Gasteiger partial charge in [-0.2, -0.15) is 12.7 Å². The number of imide groups is 1. The molecule has 1 fully saturated rings. The second-order valence-electron chi connectivity index (χ2n) is 9.97. The SMILES string of the molecule is CN(C)S(=O)(=O)n1c2c(c3ccccc31)[C@H](N(O)c1c(Br)cccc1Br)C[C@H]1C(=O)N(c3ccccc3)C(=O)[C@@H]21. The molecule has 12 heteroatoms. The summed E-state index contributed by atoms with van der Waals surface area (Å²) >= 11 is 7.02. The van der Waals surface area contributed by atoms with Crippen LogP contribution in [0.5, 0.6) is 0 Å². The molecule has 3 aromatic carbocycles. The van der Waals surface area contributed by atoms with E-state index in [4.69, 9.17) is 0 Å². The first-order valence-electron chi connectivity index (χ1n) is 12.5. The van der Waals surface area contributed by atoms with Crippen molar-refractivity contribution in [2.24, 2.45) is 5.92 Å². The quantitative estimate of drug-likeness (QED) is 0.222. The van der Waals surface area contributed by atoms with Crippen molar-refractivity contribution in [3.05, 3.63) is 93.0 Å². The zero-order valence-electron chi connectivity index (χ0n) is 21.4. The summed E-state index contributed by atoms with van der Waals surface area (Å²) in [6, 6.07) is 20.1. The van der Waals surface area contributed by atoms with E-state index in [1.165, 1.54) is 18.1 Å². The van der Waals surface area contributed by atoms with Crippen LogP contribution in [0.15, 0.2) is 81.7 Å². The lowest BCUT2D eigenvalue weighted by atomic mass is 9.76. The molecule has 1 aromatic heterocycles. The number of para-hydroxylation sites is 3. The largest absolute Gasteiger partial charge is 0.307 e. The average Bonchev–Trinajstić information content (AvgIpc) is 3.40. The first-order valence-corrected chi connectivity index (χ1v) is 15.4. The molecule has 2 amide bonds. The molecule has 0 spiro atoms. The topological polar surface area (TPSA) is 103 Å². The van der Waals surface area contributed by atoms with Gasteiger partial charge in [-0.05, 0) is 68.6 Å². The fourth-order valence-electron chi connectivity index (χ4n) is 5.86. The molecule has 1 saturated heterocycles. The Morgan fingerprint density at radius 3 is 2.15 bits per heavy atom. The Labute approximate surface area is 248 Å². The first-order chi connectivity index (χ1) is 19.1. The molecule has 9 nitrogen and oxygen atoms in total. The zero-order chi connectivity index (χ0) is 28.5. The Morgan fingerprint density at radius 1 is 0.875 bits per heavy atom. The van der Waals surface area contributed by atoms with Gasteiger partial charge in [0.05, 0.1) is 40.5 Å². The van der Waals surface area contributed by atoms with Gasteiger partial charge in [0.1, 0.15) is 0 Å². The number of carbonyl (C=O) groups excluding carboxylic acids is 2. The molecular weight excluding hydrogens is 664 g/mol. The van der Waals surface area contributed by atoms with E-state index in [1.54, 1.807) is 72.8 Å². The van der Waals surface area contributed by atoms with Gasteiger partial charge in [-0.25, -0.2) is 13.9 Å². The normalized spacial score (nSPS) is 20.8. The minimum atomic E-state index is -4.14. The first kappa shape index (κ1) is 27.2. The van der Waals surface area contributed by atoms with E-state index < -0.39 is 39.9 Å². The van der Waals surface area contributed by atoms with Gasteiger partial charge >= 0.3 is 10.2 Å². The minimum absolute atomic E-state index is 0.0892. The van der Waals surface area contributed by atoms with Crippen molar-refractivity contribution in [2.45, 2.75) is 18.4 Å². The highest BCUT2D eigenvalue weighted by molar-refractivity contribution is 9.11. The summed E-state index contributed by atoms with van der Waals surface area (Å²) in [7, 11) is -1.31. The number of amides is 2. The van der Waals surface area contributed by atoms with E-state index in [1.807, 2.05) is 0 Å². The van der Waals surface area contributed by atoms with Gasteiger partial charge in [0.25, 0.3) is 0 Å². The average molecular weight is 688 g/mol. The third kappa shape index (κ3) is 3.88. The number of hydrogen-bond donors (Lipinski definition) is 1. The van der Waals surface area contributed by atoms with Crippen LogP contribution in [-0.2, 0) is 19.8 Å². The van der Waals surface area contributed by atoms with Gasteiger partial charge in [-0.1, -0.05) is 42.5 Å². The van der Waals surface area contributed by atoms with Gasteiger partial charge < -0.3 is 0 Å². The third-order valence-electron chi connectivity index (χ3n) is 7.61. The van der Waals surface area contributed by atoms with Crippen LogP contribution in [0.4, 0.5) is 11.4 Å². The van der Waals surface area contributed by atoms with Crippen molar-refractivity contribution >= 4 is 76.2 Å². The van der Waals surface area contributed by atoms with E-state index in [0.29, 0.717) is 36.8 Å². The van der Waals surface area contributed by atoms with E-state index in [0.717, 1.165) is 14.3 Å². The number of carbonyl (C=O) groups is 2. The lowest BCUT2D eigenvalue weighted by molar-refractivity contribution is -0.122. The van der Waals surface area contributed by atoms with Crippen molar-refractivity contribution in [1.82, 2.24) is 8.28 Å². The molecule has 0 unspecified atom stereocenters. The Hall–Kier alpha value is -3.03. The third-order valence-corrected chi connectivity index (χ3v) is 10.7. The lowest BCUT2D eigenvalue weighted by Gasteiger charge is -2.36. The lowest BCUT2D eigenvalue weighted by Crippen LogP contribution is -2.38. The standard InChI is InChI=1S/C28H24Br2N4O5S/c1-31(2)40(38,39)34-21-14-7-6-11-17(21)23-22(33(37)25-19(29)12-8-13-20(25)30)15-18-24(26(23)34)28(36)32(27(18)35)16-9-4-3-5-10-16/h3-14,18,22,24,37H,15H2,1-2H3/t18-,22-,24-/m1/s1. The maximum atomic E-state index is 14.1. The second-order valence-corrected chi connectivity index (χ2v) is 13.7. The minimum Gasteiger partial charge on any atom is -0.288 e. The Morgan fingerprint density at radius 2 is 1.50 bits per heavy atom. The number of hydroxylamine groups is 1. The fourth-order valence-corrected chi connectivity index (χ4v) is 8.42. The fraction of sp³-hybridized carbons (Fsp3) is 0.214. The molecule has 0 saturated carbocycles. The van der Waals surface area contributed by atoms with Crippen molar-refractivity contribution in [1.29, 1.82) is 0 Å². The van der Waals surface area contributed by atoms with Gasteiger partial charge in [0, 0.05) is 34.0 Å². The van der Waals surface area contributed by atoms with Gasteiger partial charge in [-0.15, -0.1) is 0 Å². The van der Waals surface area contributed by atoms with Crippen LogP contribution in [0.2, 0.25) is 0 Å². The molecular formula is C28H24Br2N4O5S.